The molecule has 1 saturated carbocycles. The average molecular weight is 425 g/mol. The predicted octanol–water partition coefficient (Wildman–Crippen LogP) is 2.83. The van der Waals surface area contributed by atoms with Gasteiger partial charge in [-0.15, -0.1) is 5.10 Å². The number of aromatic nitrogens is 5. The standard InChI is InChI=1S/C22H28N6O3/c1-30-18-12-14-11-16(22(29)23-17(14)13-19(18)31-2)20(27-9-5-6-10-27)21-24-25-26-28(21)15-7-3-4-8-15/h11-13,15,20H,3-10H2,1-2H3,(H,23,29)/t20-/m0/s1. The Morgan fingerprint density at radius 3 is 2.45 bits per heavy atom. The molecule has 2 aliphatic rings. The van der Waals surface area contributed by atoms with Gasteiger partial charge in [-0.05, 0) is 61.3 Å². The smallest absolute Gasteiger partial charge is 0.253 e. The molecule has 0 unspecified atom stereocenters. The van der Waals surface area contributed by atoms with Gasteiger partial charge in [-0.2, -0.15) is 0 Å². The van der Waals surface area contributed by atoms with E-state index < -0.39 is 0 Å². The van der Waals surface area contributed by atoms with Crippen molar-refractivity contribution in [1.82, 2.24) is 30.1 Å². The normalized spacial score (nSPS) is 18.6. The van der Waals surface area contributed by atoms with Gasteiger partial charge in [0.2, 0.25) is 0 Å². The van der Waals surface area contributed by atoms with E-state index in [1.165, 1.54) is 12.8 Å². The van der Waals surface area contributed by atoms with Gasteiger partial charge in [0.25, 0.3) is 5.56 Å². The first-order valence-electron chi connectivity index (χ1n) is 11.0. The van der Waals surface area contributed by atoms with Crippen molar-refractivity contribution in [2.24, 2.45) is 0 Å². The maximum atomic E-state index is 13.3. The molecule has 9 heteroatoms. The van der Waals surface area contributed by atoms with Crippen molar-refractivity contribution in [2.75, 3.05) is 27.3 Å². The zero-order valence-electron chi connectivity index (χ0n) is 18.0. The Bertz CT molecular complexity index is 1130. The zero-order valence-corrected chi connectivity index (χ0v) is 18.0. The molecule has 31 heavy (non-hydrogen) atoms. The number of methoxy groups -OCH3 is 2. The molecule has 1 aromatic carbocycles. The van der Waals surface area contributed by atoms with Crippen molar-refractivity contribution in [1.29, 1.82) is 0 Å². The number of H-pyrrole nitrogens is 1. The van der Waals surface area contributed by atoms with Gasteiger partial charge in [-0.3, -0.25) is 9.69 Å². The van der Waals surface area contributed by atoms with Crippen LogP contribution in [0, 0.1) is 0 Å². The Labute approximate surface area is 180 Å². The first-order chi connectivity index (χ1) is 15.2. The van der Waals surface area contributed by atoms with E-state index in [4.69, 9.17) is 9.47 Å². The van der Waals surface area contributed by atoms with E-state index in [2.05, 4.69) is 25.4 Å². The Morgan fingerprint density at radius 1 is 1.03 bits per heavy atom. The van der Waals surface area contributed by atoms with Gasteiger partial charge in [0.15, 0.2) is 17.3 Å². The van der Waals surface area contributed by atoms with Crippen molar-refractivity contribution >= 4 is 10.9 Å². The molecule has 1 N–H and O–H groups in total. The van der Waals surface area contributed by atoms with Gasteiger partial charge >= 0.3 is 0 Å². The van der Waals surface area contributed by atoms with Crippen LogP contribution in [0.5, 0.6) is 11.5 Å². The van der Waals surface area contributed by atoms with Gasteiger partial charge in [-0.25, -0.2) is 4.68 Å². The number of tetrazole rings is 1. The number of nitrogens with one attached hydrogen (secondary N) is 1. The van der Waals surface area contributed by atoms with Crippen LogP contribution in [0.3, 0.4) is 0 Å². The SMILES string of the molecule is COc1cc2cc([C@@H](c3nnnn3C3CCCC3)N3CCCC3)c(=O)[nH]c2cc1OC. The number of likely N-dealkylation sites (tertiary alicyclic amines) is 1. The van der Waals surface area contributed by atoms with E-state index in [1.807, 2.05) is 16.8 Å². The highest BCUT2D eigenvalue weighted by Gasteiger charge is 2.34. The second kappa shape index (κ2) is 8.30. The van der Waals surface area contributed by atoms with Crippen LogP contribution in [0.1, 0.15) is 62.0 Å². The summed E-state index contributed by atoms with van der Waals surface area (Å²) in [5.41, 5.74) is 1.25. The van der Waals surface area contributed by atoms with Crippen molar-refractivity contribution in [2.45, 2.75) is 50.6 Å². The van der Waals surface area contributed by atoms with Crippen molar-refractivity contribution in [3.05, 3.63) is 39.9 Å². The summed E-state index contributed by atoms with van der Waals surface area (Å²) in [4.78, 5) is 18.7. The lowest BCUT2D eigenvalue weighted by Gasteiger charge is -2.27. The van der Waals surface area contributed by atoms with Crippen LogP contribution >= 0.6 is 0 Å². The van der Waals surface area contributed by atoms with Crippen LogP contribution in [-0.4, -0.2) is 57.4 Å². The predicted molar refractivity (Wildman–Crippen MR) is 116 cm³/mol. The van der Waals surface area contributed by atoms with Crippen molar-refractivity contribution in [3.8, 4) is 11.5 Å². The molecule has 0 amide bonds. The summed E-state index contributed by atoms with van der Waals surface area (Å²) in [6.07, 6.45) is 6.76. The zero-order chi connectivity index (χ0) is 21.4. The molecule has 1 aliphatic heterocycles. The van der Waals surface area contributed by atoms with Crippen LogP contribution < -0.4 is 15.0 Å². The van der Waals surface area contributed by atoms with Crippen molar-refractivity contribution < 1.29 is 9.47 Å². The van der Waals surface area contributed by atoms with Crippen LogP contribution in [0.4, 0.5) is 0 Å². The van der Waals surface area contributed by atoms with Crippen LogP contribution in [-0.2, 0) is 0 Å². The fourth-order valence-electron chi connectivity index (χ4n) is 5.04. The molecule has 1 saturated heterocycles. The lowest BCUT2D eigenvalue weighted by molar-refractivity contribution is 0.256. The molecule has 9 nitrogen and oxygen atoms in total. The molecular weight excluding hydrogens is 396 g/mol. The van der Waals surface area contributed by atoms with Gasteiger partial charge < -0.3 is 14.5 Å². The summed E-state index contributed by atoms with van der Waals surface area (Å²) in [6.45, 7) is 1.84. The number of pyridine rings is 1. The number of fused-ring (bicyclic) bond motifs is 1. The minimum atomic E-state index is -0.278. The third-order valence-electron chi connectivity index (χ3n) is 6.61. The first kappa shape index (κ1) is 20.0. The number of rotatable bonds is 6. The number of ether oxygens (including phenoxy) is 2. The molecule has 0 spiro atoms. The van der Waals surface area contributed by atoms with E-state index in [1.54, 1.807) is 20.3 Å². The summed E-state index contributed by atoms with van der Waals surface area (Å²) in [7, 11) is 3.20. The van der Waals surface area contributed by atoms with Crippen LogP contribution in [0.25, 0.3) is 10.9 Å². The third kappa shape index (κ3) is 3.56. The second-order valence-corrected chi connectivity index (χ2v) is 8.41. The Hall–Kier alpha value is -2.94. The van der Waals surface area contributed by atoms with Crippen molar-refractivity contribution in [3.63, 3.8) is 0 Å². The van der Waals surface area contributed by atoms with Gasteiger partial charge in [0.1, 0.15) is 6.04 Å². The lowest BCUT2D eigenvalue weighted by Crippen LogP contribution is -2.33. The molecule has 1 atom stereocenters. The molecule has 3 aromatic rings. The fraction of sp³-hybridized carbons (Fsp3) is 0.545. The topological polar surface area (TPSA) is 98.2 Å². The molecule has 2 fully saturated rings. The molecule has 0 bridgehead atoms. The Kier molecular flexibility index (Phi) is 5.35. The number of benzene rings is 1. The van der Waals surface area contributed by atoms with E-state index in [9.17, 15) is 4.79 Å². The van der Waals surface area contributed by atoms with Gasteiger partial charge in [0, 0.05) is 17.0 Å². The highest BCUT2D eigenvalue weighted by atomic mass is 16.5. The Morgan fingerprint density at radius 2 is 1.74 bits per heavy atom. The number of hydrogen-bond acceptors (Lipinski definition) is 7. The number of nitrogens with zero attached hydrogens (tertiary/aromatic N) is 5. The number of aromatic amines is 1. The third-order valence-corrected chi connectivity index (χ3v) is 6.61. The summed E-state index contributed by atoms with van der Waals surface area (Å²) in [5, 5.41) is 13.7. The molecular formula is C22H28N6O3. The second-order valence-electron chi connectivity index (χ2n) is 8.41. The molecule has 1 aliphatic carbocycles. The quantitative estimate of drug-likeness (QED) is 0.650. The summed E-state index contributed by atoms with van der Waals surface area (Å²) >= 11 is 0. The van der Waals surface area contributed by atoms with E-state index >= 15 is 0 Å². The van der Waals surface area contributed by atoms with Crippen LogP contribution in [0.15, 0.2) is 23.0 Å². The van der Waals surface area contributed by atoms with E-state index in [0.717, 1.165) is 50.0 Å². The average Bonchev–Trinajstić information content (AvgIpc) is 3.55. The summed E-state index contributed by atoms with van der Waals surface area (Å²) < 4.78 is 12.8. The summed E-state index contributed by atoms with van der Waals surface area (Å²) in [6, 6.07) is 5.67. The highest BCUT2D eigenvalue weighted by molar-refractivity contribution is 5.83. The minimum Gasteiger partial charge on any atom is -0.493 e. The van der Waals surface area contributed by atoms with E-state index in [0.29, 0.717) is 28.6 Å². The first-order valence-corrected chi connectivity index (χ1v) is 11.0. The Balaban J connectivity index is 1.66. The molecule has 0 radical (unpaired) electrons. The molecule has 3 heterocycles. The maximum absolute atomic E-state index is 13.3. The maximum Gasteiger partial charge on any atom is 0.253 e. The summed E-state index contributed by atoms with van der Waals surface area (Å²) in [5.74, 6) is 1.97. The van der Waals surface area contributed by atoms with Crippen LogP contribution in [0.2, 0.25) is 0 Å². The highest BCUT2D eigenvalue weighted by Crippen LogP contribution is 2.36. The monoisotopic (exact) mass is 424 g/mol. The molecule has 164 valence electrons. The van der Waals surface area contributed by atoms with Gasteiger partial charge in [-0.1, -0.05) is 12.8 Å². The fourth-order valence-corrected chi connectivity index (χ4v) is 5.04. The lowest BCUT2D eigenvalue weighted by atomic mass is 10.0. The van der Waals surface area contributed by atoms with Gasteiger partial charge in [0.05, 0.1) is 25.8 Å². The molecule has 5 rings (SSSR count). The van der Waals surface area contributed by atoms with E-state index in [-0.39, 0.29) is 11.6 Å². The molecule has 2 aromatic heterocycles. The largest absolute Gasteiger partial charge is 0.493 e. The minimum absolute atomic E-state index is 0.127. The number of hydrogen-bond donors (Lipinski definition) is 1.